The molecule has 0 saturated heterocycles. The third-order valence-electron chi connectivity index (χ3n) is 5.06. The Bertz CT molecular complexity index is 1330. The molecule has 4 aromatic rings. The van der Waals surface area contributed by atoms with Crippen LogP contribution in [0.15, 0.2) is 53.3 Å². The molecule has 0 aliphatic carbocycles. The van der Waals surface area contributed by atoms with Gasteiger partial charge in [0, 0.05) is 18.1 Å². The summed E-state index contributed by atoms with van der Waals surface area (Å²) in [6, 6.07) is 14.8. The van der Waals surface area contributed by atoms with Gasteiger partial charge in [-0.1, -0.05) is 30.7 Å². The smallest absolute Gasteiger partial charge is 0.262 e. The Morgan fingerprint density at radius 1 is 1.16 bits per heavy atom. The monoisotopic (exact) mass is 457 g/mol. The predicted octanol–water partition coefficient (Wildman–Crippen LogP) is 4.21. The molecule has 0 aliphatic rings. The summed E-state index contributed by atoms with van der Waals surface area (Å²) in [5.41, 5.74) is 0.738. The first-order valence-corrected chi connectivity index (χ1v) is 11.0. The molecule has 2 aromatic carbocycles. The Labute approximate surface area is 190 Å². The zero-order chi connectivity index (χ0) is 22.0. The van der Waals surface area contributed by atoms with E-state index in [9.17, 15) is 4.79 Å². The number of likely N-dealkylation sites (N-methyl/N-ethyl adjacent to an activating group) is 1. The van der Waals surface area contributed by atoms with Gasteiger partial charge in [-0.05, 0) is 62.1 Å². The van der Waals surface area contributed by atoms with Crippen LogP contribution < -0.4 is 10.3 Å². The molecule has 0 aliphatic heterocycles. The molecule has 0 saturated carbocycles. The van der Waals surface area contributed by atoms with Gasteiger partial charge in [-0.2, -0.15) is 0 Å². The van der Waals surface area contributed by atoms with Crippen LogP contribution in [0.1, 0.15) is 13.3 Å². The van der Waals surface area contributed by atoms with Crippen LogP contribution in [0.4, 0.5) is 0 Å². The number of benzene rings is 2. The summed E-state index contributed by atoms with van der Waals surface area (Å²) in [4.78, 5) is 15.1. The first-order valence-electron chi connectivity index (χ1n) is 10.2. The minimum Gasteiger partial charge on any atom is -0.492 e. The Hall–Kier alpha value is -2.68. The molecule has 0 bridgehead atoms. The largest absolute Gasteiger partial charge is 0.492 e. The van der Waals surface area contributed by atoms with Crippen molar-refractivity contribution in [2.45, 2.75) is 26.6 Å². The summed E-state index contributed by atoms with van der Waals surface area (Å²) in [7, 11) is 1.98. The van der Waals surface area contributed by atoms with E-state index in [0.717, 1.165) is 17.7 Å². The number of hydrogen-bond donors (Lipinski definition) is 0. The van der Waals surface area contributed by atoms with E-state index in [1.165, 1.54) is 0 Å². The van der Waals surface area contributed by atoms with Crippen molar-refractivity contribution >= 4 is 40.5 Å². The molecule has 0 unspecified atom stereocenters. The first kappa shape index (κ1) is 21.5. The highest BCUT2D eigenvalue weighted by Gasteiger charge is 2.15. The molecule has 2 aromatic heterocycles. The normalized spacial score (nSPS) is 11.6. The molecular weight excluding hydrogens is 434 g/mol. The van der Waals surface area contributed by atoms with Crippen molar-refractivity contribution in [3.63, 3.8) is 0 Å². The molecular formula is C22H24ClN5O2S. The highest BCUT2D eigenvalue weighted by molar-refractivity contribution is 7.71. The lowest BCUT2D eigenvalue weighted by atomic mass is 10.2. The molecule has 0 fully saturated rings. The maximum Gasteiger partial charge on any atom is 0.262 e. The number of ether oxygens (including phenoxy) is 1. The van der Waals surface area contributed by atoms with Crippen LogP contribution in [-0.2, 0) is 13.2 Å². The third kappa shape index (κ3) is 4.37. The minimum absolute atomic E-state index is 0.0400. The SMILES string of the molecule is CCCn1c(=O)c2ccccc2n2c(=S)n(CN(C)CCOc3ccc(Cl)cc3)nc12. The molecule has 7 nitrogen and oxygen atoms in total. The third-order valence-corrected chi connectivity index (χ3v) is 5.71. The Balaban J connectivity index is 1.59. The number of nitrogens with zero attached hydrogens (tertiary/aromatic N) is 5. The molecule has 0 N–H and O–H groups in total. The van der Waals surface area contributed by atoms with Gasteiger partial charge >= 0.3 is 0 Å². The Morgan fingerprint density at radius 3 is 2.65 bits per heavy atom. The van der Waals surface area contributed by atoms with Gasteiger partial charge in [0.05, 0.1) is 17.6 Å². The number of para-hydroxylation sites is 1. The second-order valence-electron chi connectivity index (χ2n) is 7.41. The fourth-order valence-corrected chi connectivity index (χ4v) is 3.94. The lowest BCUT2D eigenvalue weighted by Crippen LogP contribution is -2.27. The van der Waals surface area contributed by atoms with Gasteiger partial charge in [-0.25, -0.2) is 4.68 Å². The molecule has 0 amide bonds. The van der Waals surface area contributed by atoms with E-state index in [-0.39, 0.29) is 5.56 Å². The van der Waals surface area contributed by atoms with E-state index >= 15 is 0 Å². The van der Waals surface area contributed by atoms with Crippen LogP contribution in [0.5, 0.6) is 5.75 Å². The lowest BCUT2D eigenvalue weighted by molar-refractivity contribution is 0.198. The average Bonchev–Trinajstić information content (AvgIpc) is 3.08. The molecule has 0 atom stereocenters. The van der Waals surface area contributed by atoms with Crippen LogP contribution in [-0.4, -0.2) is 43.8 Å². The molecule has 0 radical (unpaired) electrons. The summed E-state index contributed by atoms with van der Waals surface area (Å²) in [6.45, 7) is 4.31. The van der Waals surface area contributed by atoms with E-state index in [2.05, 4.69) is 4.90 Å². The van der Waals surface area contributed by atoms with Crippen molar-refractivity contribution in [2.24, 2.45) is 0 Å². The number of aryl methyl sites for hydroxylation is 1. The van der Waals surface area contributed by atoms with Crippen LogP contribution >= 0.6 is 23.8 Å². The van der Waals surface area contributed by atoms with Crippen molar-refractivity contribution in [2.75, 3.05) is 20.2 Å². The van der Waals surface area contributed by atoms with Crippen LogP contribution in [0.2, 0.25) is 5.02 Å². The highest BCUT2D eigenvalue weighted by Crippen LogP contribution is 2.16. The maximum absolute atomic E-state index is 13.0. The van der Waals surface area contributed by atoms with Gasteiger partial charge in [-0.15, -0.1) is 5.10 Å². The van der Waals surface area contributed by atoms with Crippen molar-refractivity contribution in [3.8, 4) is 5.75 Å². The number of hydrogen-bond acceptors (Lipinski definition) is 5. The summed E-state index contributed by atoms with van der Waals surface area (Å²) < 4.78 is 11.7. The standard InChI is InChI=1S/C22H24ClN5O2S/c1-3-12-26-20(29)18-6-4-5-7-19(18)28-21(26)24-27(22(28)31)15-25(2)13-14-30-17-10-8-16(23)9-11-17/h4-11H,3,12-15H2,1-2H3. The second kappa shape index (κ2) is 9.21. The van der Waals surface area contributed by atoms with E-state index in [4.69, 9.17) is 33.7 Å². The van der Waals surface area contributed by atoms with Crippen molar-refractivity contribution < 1.29 is 4.74 Å². The van der Waals surface area contributed by atoms with Gasteiger partial charge in [-0.3, -0.25) is 18.7 Å². The molecule has 0 spiro atoms. The van der Waals surface area contributed by atoms with Crippen LogP contribution in [0.25, 0.3) is 16.7 Å². The quantitative estimate of drug-likeness (QED) is 0.371. The number of fused-ring (bicyclic) bond motifs is 3. The van der Waals surface area contributed by atoms with Crippen molar-refractivity contribution in [1.82, 2.24) is 23.6 Å². The summed E-state index contributed by atoms with van der Waals surface area (Å²) in [5, 5.41) is 6.02. The van der Waals surface area contributed by atoms with Gasteiger partial charge < -0.3 is 4.74 Å². The number of rotatable bonds is 8. The highest BCUT2D eigenvalue weighted by atomic mass is 35.5. The van der Waals surface area contributed by atoms with Crippen LogP contribution in [0, 0.1) is 4.77 Å². The summed E-state index contributed by atoms with van der Waals surface area (Å²) in [6.07, 6.45) is 0.829. The molecule has 4 rings (SSSR count). The van der Waals surface area contributed by atoms with Crippen molar-refractivity contribution in [1.29, 1.82) is 0 Å². The maximum atomic E-state index is 13.0. The van der Waals surface area contributed by atoms with Gasteiger partial charge in [0.25, 0.3) is 5.56 Å². The zero-order valence-corrected chi connectivity index (χ0v) is 19.1. The summed E-state index contributed by atoms with van der Waals surface area (Å²) >= 11 is 11.6. The molecule has 2 heterocycles. The van der Waals surface area contributed by atoms with Gasteiger partial charge in [0.2, 0.25) is 10.5 Å². The fourth-order valence-electron chi connectivity index (χ4n) is 3.53. The summed E-state index contributed by atoms with van der Waals surface area (Å²) in [5.74, 6) is 1.35. The predicted molar refractivity (Wildman–Crippen MR) is 126 cm³/mol. The average molecular weight is 458 g/mol. The van der Waals surface area contributed by atoms with Crippen LogP contribution in [0.3, 0.4) is 0 Å². The topological polar surface area (TPSA) is 56.7 Å². The van der Waals surface area contributed by atoms with E-state index in [1.807, 2.05) is 54.8 Å². The second-order valence-corrected chi connectivity index (χ2v) is 8.22. The first-order chi connectivity index (χ1) is 15.0. The number of aromatic nitrogens is 4. The minimum atomic E-state index is -0.0400. The van der Waals surface area contributed by atoms with E-state index in [0.29, 0.717) is 47.3 Å². The van der Waals surface area contributed by atoms with Gasteiger partial charge in [0.1, 0.15) is 12.4 Å². The zero-order valence-electron chi connectivity index (χ0n) is 17.5. The number of halogens is 1. The molecule has 9 heteroatoms. The van der Waals surface area contributed by atoms with E-state index in [1.54, 1.807) is 21.4 Å². The van der Waals surface area contributed by atoms with E-state index < -0.39 is 0 Å². The van der Waals surface area contributed by atoms with Crippen molar-refractivity contribution in [3.05, 3.63) is 68.7 Å². The Kier molecular flexibility index (Phi) is 6.41. The van der Waals surface area contributed by atoms with Gasteiger partial charge in [0.15, 0.2) is 0 Å². The molecule has 31 heavy (non-hydrogen) atoms. The molecule has 162 valence electrons. The fraction of sp³-hybridized carbons (Fsp3) is 0.318. The Morgan fingerprint density at radius 2 is 1.90 bits per heavy atom. The lowest BCUT2D eigenvalue weighted by Gasteiger charge is -2.16.